The van der Waals surface area contributed by atoms with Crippen molar-refractivity contribution in [2.45, 2.75) is 30.5 Å². The van der Waals surface area contributed by atoms with Gasteiger partial charge < -0.3 is 5.32 Å². The van der Waals surface area contributed by atoms with E-state index in [4.69, 9.17) is 0 Å². The van der Waals surface area contributed by atoms with Crippen LogP contribution in [0.4, 0.5) is 0 Å². The SMILES string of the molecule is CCCNCc1nnc(CSc2ccccc2)s1. The Hall–Kier alpha value is -0.910. The van der Waals surface area contributed by atoms with Crippen molar-refractivity contribution in [1.82, 2.24) is 15.5 Å². The van der Waals surface area contributed by atoms with Gasteiger partial charge in [-0.1, -0.05) is 36.5 Å². The highest BCUT2D eigenvalue weighted by Crippen LogP contribution is 2.23. The number of thioether (sulfide) groups is 1. The van der Waals surface area contributed by atoms with Crippen LogP contribution in [0, 0.1) is 0 Å². The average molecular weight is 279 g/mol. The molecule has 0 unspecified atom stereocenters. The fourth-order valence-corrected chi connectivity index (χ4v) is 3.17. The molecule has 0 amide bonds. The van der Waals surface area contributed by atoms with Gasteiger partial charge in [0.15, 0.2) is 0 Å². The van der Waals surface area contributed by atoms with Crippen molar-refractivity contribution >= 4 is 23.1 Å². The standard InChI is InChI=1S/C13H17N3S2/c1-2-8-14-9-12-15-16-13(18-12)10-17-11-6-4-3-5-7-11/h3-7,14H,2,8-10H2,1H3. The Morgan fingerprint density at radius 2 is 1.94 bits per heavy atom. The van der Waals surface area contributed by atoms with Crippen molar-refractivity contribution in [2.24, 2.45) is 0 Å². The normalized spacial score (nSPS) is 10.7. The molecule has 0 saturated carbocycles. The summed E-state index contributed by atoms with van der Waals surface area (Å²) in [6.45, 7) is 4.03. The maximum absolute atomic E-state index is 4.22. The molecule has 2 aromatic rings. The predicted molar refractivity (Wildman–Crippen MR) is 77.9 cm³/mol. The highest BCUT2D eigenvalue weighted by molar-refractivity contribution is 7.98. The summed E-state index contributed by atoms with van der Waals surface area (Å²) in [6, 6.07) is 10.4. The molecule has 1 heterocycles. The van der Waals surface area contributed by atoms with Crippen LogP contribution in [0.25, 0.3) is 0 Å². The largest absolute Gasteiger partial charge is 0.310 e. The fraction of sp³-hybridized carbons (Fsp3) is 0.385. The van der Waals surface area contributed by atoms with Crippen LogP contribution in [0.1, 0.15) is 23.4 Å². The molecule has 5 heteroatoms. The van der Waals surface area contributed by atoms with Gasteiger partial charge in [-0.25, -0.2) is 0 Å². The van der Waals surface area contributed by atoms with Crippen molar-refractivity contribution in [3.05, 3.63) is 40.3 Å². The van der Waals surface area contributed by atoms with E-state index in [1.165, 1.54) is 4.90 Å². The lowest BCUT2D eigenvalue weighted by Crippen LogP contribution is -2.13. The summed E-state index contributed by atoms with van der Waals surface area (Å²) in [7, 11) is 0. The molecule has 1 aromatic heterocycles. The zero-order valence-corrected chi connectivity index (χ0v) is 12.1. The average Bonchev–Trinajstić information content (AvgIpc) is 2.86. The predicted octanol–water partition coefficient (Wildman–Crippen LogP) is 3.33. The molecular weight excluding hydrogens is 262 g/mol. The maximum Gasteiger partial charge on any atom is 0.131 e. The van der Waals surface area contributed by atoms with Crippen LogP contribution in [0.5, 0.6) is 0 Å². The summed E-state index contributed by atoms with van der Waals surface area (Å²) in [5.74, 6) is 0.898. The molecule has 1 N–H and O–H groups in total. The number of hydrogen-bond acceptors (Lipinski definition) is 5. The Balaban J connectivity index is 1.80. The Kier molecular flexibility index (Phi) is 5.64. The van der Waals surface area contributed by atoms with E-state index in [2.05, 4.69) is 46.7 Å². The van der Waals surface area contributed by atoms with Crippen LogP contribution < -0.4 is 5.32 Å². The number of benzene rings is 1. The van der Waals surface area contributed by atoms with Crippen molar-refractivity contribution in [3.8, 4) is 0 Å². The van der Waals surface area contributed by atoms with Gasteiger partial charge >= 0.3 is 0 Å². The zero-order chi connectivity index (χ0) is 12.6. The monoisotopic (exact) mass is 279 g/mol. The van der Waals surface area contributed by atoms with Crippen molar-refractivity contribution in [3.63, 3.8) is 0 Å². The van der Waals surface area contributed by atoms with Crippen molar-refractivity contribution in [1.29, 1.82) is 0 Å². The smallest absolute Gasteiger partial charge is 0.131 e. The lowest BCUT2D eigenvalue weighted by atomic mass is 10.4. The third-order valence-corrected chi connectivity index (χ3v) is 4.45. The molecule has 0 aliphatic rings. The molecule has 2 rings (SSSR count). The molecule has 0 aliphatic heterocycles. The van der Waals surface area contributed by atoms with Crippen LogP contribution in [0.3, 0.4) is 0 Å². The molecule has 0 radical (unpaired) electrons. The molecule has 3 nitrogen and oxygen atoms in total. The van der Waals surface area contributed by atoms with E-state index in [1.807, 2.05) is 6.07 Å². The second kappa shape index (κ2) is 7.51. The van der Waals surface area contributed by atoms with E-state index in [9.17, 15) is 0 Å². The van der Waals surface area contributed by atoms with E-state index in [0.29, 0.717) is 0 Å². The highest BCUT2D eigenvalue weighted by atomic mass is 32.2. The number of nitrogens with one attached hydrogen (secondary N) is 1. The van der Waals surface area contributed by atoms with E-state index >= 15 is 0 Å². The summed E-state index contributed by atoms with van der Waals surface area (Å²) in [4.78, 5) is 1.28. The summed E-state index contributed by atoms with van der Waals surface area (Å²) in [5.41, 5.74) is 0. The first kappa shape index (κ1) is 13.5. The third-order valence-electron chi connectivity index (χ3n) is 2.32. The molecule has 1 aromatic carbocycles. The molecule has 0 saturated heterocycles. The lowest BCUT2D eigenvalue weighted by molar-refractivity contribution is 0.668. The number of nitrogens with zero attached hydrogens (tertiary/aromatic N) is 2. The first-order valence-electron chi connectivity index (χ1n) is 6.08. The minimum atomic E-state index is 0.835. The number of hydrogen-bond donors (Lipinski definition) is 1. The minimum absolute atomic E-state index is 0.835. The Morgan fingerprint density at radius 1 is 1.17 bits per heavy atom. The first-order valence-corrected chi connectivity index (χ1v) is 7.88. The first-order chi connectivity index (χ1) is 8.88. The zero-order valence-electron chi connectivity index (χ0n) is 10.4. The second-order valence-electron chi connectivity index (χ2n) is 3.87. The Morgan fingerprint density at radius 3 is 2.72 bits per heavy atom. The molecule has 0 aliphatic carbocycles. The molecule has 96 valence electrons. The van der Waals surface area contributed by atoms with Gasteiger partial charge in [0.05, 0.1) is 5.75 Å². The van der Waals surface area contributed by atoms with Crippen LogP contribution in [-0.2, 0) is 12.3 Å². The van der Waals surface area contributed by atoms with Crippen LogP contribution >= 0.6 is 23.1 Å². The van der Waals surface area contributed by atoms with Gasteiger partial charge in [-0.05, 0) is 25.1 Å². The molecule has 0 atom stereocenters. The van der Waals surface area contributed by atoms with Gasteiger partial charge in [0.1, 0.15) is 10.0 Å². The molecular formula is C13H17N3S2. The summed E-state index contributed by atoms with van der Waals surface area (Å²) in [5, 5.41) is 13.9. The molecule has 0 fully saturated rings. The maximum atomic E-state index is 4.22. The van der Waals surface area contributed by atoms with Gasteiger partial charge in [-0.15, -0.1) is 22.0 Å². The van der Waals surface area contributed by atoms with Gasteiger partial charge in [0, 0.05) is 11.4 Å². The van der Waals surface area contributed by atoms with Gasteiger partial charge in [0.2, 0.25) is 0 Å². The molecule has 18 heavy (non-hydrogen) atoms. The summed E-state index contributed by atoms with van der Waals surface area (Å²) >= 11 is 3.50. The third kappa shape index (κ3) is 4.40. The van der Waals surface area contributed by atoms with E-state index in [1.54, 1.807) is 23.1 Å². The van der Waals surface area contributed by atoms with Gasteiger partial charge in [-0.3, -0.25) is 0 Å². The second-order valence-corrected chi connectivity index (χ2v) is 6.06. The molecule has 0 spiro atoms. The summed E-state index contributed by atoms with van der Waals surface area (Å²) < 4.78 is 0. The van der Waals surface area contributed by atoms with E-state index < -0.39 is 0 Å². The Bertz CT molecular complexity index is 456. The minimum Gasteiger partial charge on any atom is -0.310 e. The lowest BCUT2D eigenvalue weighted by Gasteiger charge is -1.97. The van der Waals surface area contributed by atoms with E-state index in [-0.39, 0.29) is 0 Å². The fourth-order valence-electron chi connectivity index (χ4n) is 1.45. The highest BCUT2D eigenvalue weighted by Gasteiger charge is 2.04. The van der Waals surface area contributed by atoms with Gasteiger partial charge in [0.25, 0.3) is 0 Å². The van der Waals surface area contributed by atoms with Crippen molar-refractivity contribution in [2.75, 3.05) is 6.54 Å². The number of aromatic nitrogens is 2. The Labute approximate surface area is 116 Å². The van der Waals surface area contributed by atoms with Crippen LogP contribution in [-0.4, -0.2) is 16.7 Å². The van der Waals surface area contributed by atoms with Gasteiger partial charge in [-0.2, -0.15) is 0 Å². The quantitative estimate of drug-likeness (QED) is 0.623. The molecule has 0 bridgehead atoms. The number of rotatable bonds is 7. The van der Waals surface area contributed by atoms with Crippen LogP contribution in [0.2, 0.25) is 0 Å². The van der Waals surface area contributed by atoms with Crippen LogP contribution in [0.15, 0.2) is 35.2 Å². The van der Waals surface area contributed by atoms with Crippen molar-refractivity contribution < 1.29 is 0 Å². The summed E-state index contributed by atoms with van der Waals surface area (Å²) in [6.07, 6.45) is 1.15. The van der Waals surface area contributed by atoms with E-state index in [0.717, 1.165) is 35.3 Å². The topological polar surface area (TPSA) is 37.8 Å².